The highest BCUT2D eigenvalue weighted by Gasteiger charge is 2.49. The Morgan fingerprint density at radius 1 is 1.12 bits per heavy atom. The molecule has 44 valence electrons. The van der Waals surface area contributed by atoms with Gasteiger partial charge in [0.15, 0.2) is 0 Å². The molecule has 0 aromatic carbocycles. The summed E-state index contributed by atoms with van der Waals surface area (Å²) in [4.78, 5) is 0. The maximum atomic E-state index is 2.42. The van der Waals surface area contributed by atoms with Crippen molar-refractivity contribution in [2.24, 2.45) is 0 Å². The third-order valence-electron chi connectivity index (χ3n) is 3.08. The first kappa shape index (κ1) is 4.90. The monoisotopic (exact) mass is 108 g/mol. The fraction of sp³-hybridized carbons (Fsp3) is 1.00. The number of hydrogen-bond acceptors (Lipinski definition) is 0. The van der Waals surface area contributed by atoms with E-state index in [-0.39, 0.29) is 0 Å². The first-order chi connectivity index (χ1) is 3.89. The van der Waals surface area contributed by atoms with E-state index in [4.69, 9.17) is 0 Å². The minimum absolute atomic E-state index is 1.11. The predicted octanol–water partition coefficient (Wildman–Crippen LogP) is 2.44. The maximum absolute atomic E-state index is 2.42. The molecule has 0 aromatic rings. The molecule has 2 rings (SSSR count). The zero-order chi connectivity index (χ0) is 5.56. The van der Waals surface area contributed by atoms with Gasteiger partial charge >= 0.3 is 0 Å². The van der Waals surface area contributed by atoms with E-state index < -0.39 is 0 Å². The van der Waals surface area contributed by atoms with Gasteiger partial charge in [0.05, 0.1) is 0 Å². The van der Waals surface area contributed by atoms with E-state index in [1.54, 1.807) is 12.8 Å². The second-order valence-electron chi connectivity index (χ2n) is 3.47. The third-order valence-corrected chi connectivity index (χ3v) is 3.08. The second kappa shape index (κ2) is 1.52. The van der Waals surface area contributed by atoms with Crippen LogP contribution >= 0.6 is 0 Å². The fourth-order valence-corrected chi connectivity index (χ4v) is 2.35. The Morgan fingerprint density at radius 2 is 1.62 bits per heavy atom. The van der Waals surface area contributed by atoms with Crippen molar-refractivity contribution in [3.63, 3.8) is 0 Å². The lowest BCUT2D eigenvalue weighted by Crippen LogP contribution is -1.83. The summed E-state index contributed by atoms with van der Waals surface area (Å²) >= 11 is 0. The van der Waals surface area contributed by atoms with Crippen LogP contribution in [0.3, 0.4) is 0 Å². The van der Waals surface area contributed by atoms with E-state index in [2.05, 4.69) is 6.82 Å². The summed E-state index contributed by atoms with van der Waals surface area (Å²) in [6.45, 7) is 3.53. The molecule has 2 aliphatic rings. The molecule has 1 heterocycles. The van der Waals surface area contributed by atoms with Gasteiger partial charge in [-0.15, -0.1) is 0 Å². The van der Waals surface area contributed by atoms with Crippen molar-refractivity contribution in [2.75, 3.05) is 0 Å². The molecule has 2 atom stereocenters. The summed E-state index contributed by atoms with van der Waals surface area (Å²) in [5.74, 6) is 2.34. The number of hydrogen-bond donors (Lipinski definition) is 0. The van der Waals surface area contributed by atoms with Gasteiger partial charge in [-0.25, -0.2) is 0 Å². The van der Waals surface area contributed by atoms with Gasteiger partial charge in [0, 0.05) is 0 Å². The van der Waals surface area contributed by atoms with Gasteiger partial charge in [0.25, 0.3) is 0 Å². The number of rotatable bonds is 0. The van der Waals surface area contributed by atoms with Crippen LogP contribution in [0.1, 0.15) is 25.7 Å². The summed E-state index contributed by atoms with van der Waals surface area (Å²) in [7, 11) is 0. The normalized spacial score (nSPS) is 43.9. The van der Waals surface area contributed by atoms with Crippen LogP contribution in [0.25, 0.3) is 0 Å². The van der Waals surface area contributed by atoms with Crippen molar-refractivity contribution in [3.05, 3.63) is 0 Å². The van der Waals surface area contributed by atoms with E-state index >= 15 is 0 Å². The highest BCUT2D eigenvalue weighted by atomic mass is 14.3. The Morgan fingerprint density at radius 3 is 2.00 bits per heavy atom. The van der Waals surface area contributed by atoms with Crippen LogP contribution in [-0.2, 0) is 0 Å². The Balaban J connectivity index is 1.97. The Kier molecular flexibility index (Phi) is 0.932. The maximum Gasteiger partial charge on any atom is 0.142 e. The van der Waals surface area contributed by atoms with Gasteiger partial charge < -0.3 is 0 Å². The molecule has 2 fully saturated rings. The molecule has 1 aliphatic heterocycles. The van der Waals surface area contributed by atoms with Crippen LogP contribution < -0.4 is 0 Å². The molecule has 2 unspecified atom stereocenters. The van der Waals surface area contributed by atoms with E-state index in [1.807, 2.05) is 0 Å². The van der Waals surface area contributed by atoms with Crippen molar-refractivity contribution >= 4 is 6.71 Å². The van der Waals surface area contributed by atoms with Crippen molar-refractivity contribution in [1.82, 2.24) is 0 Å². The van der Waals surface area contributed by atoms with E-state index in [0.29, 0.717) is 0 Å². The standard InChI is InChI=1S/C7H13B/c1-8-6-4-2-3-5-7(6)8/h6-7H,2-5H2,1H3. The van der Waals surface area contributed by atoms with Crippen molar-refractivity contribution in [1.29, 1.82) is 0 Å². The molecule has 0 amide bonds. The van der Waals surface area contributed by atoms with Gasteiger partial charge in [0.2, 0.25) is 0 Å². The SMILES string of the molecule is CB1C2CCCCC12. The number of fused-ring (bicyclic) bond motifs is 1. The molecule has 0 radical (unpaired) electrons. The van der Waals surface area contributed by atoms with Crippen LogP contribution in [0.4, 0.5) is 0 Å². The lowest BCUT2D eigenvalue weighted by Gasteiger charge is -2.06. The van der Waals surface area contributed by atoms with Gasteiger partial charge in [0.1, 0.15) is 6.71 Å². The average Bonchev–Trinajstić information content (AvgIpc) is 2.46. The summed E-state index contributed by atoms with van der Waals surface area (Å²) in [6, 6.07) is 0. The first-order valence-corrected chi connectivity index (χ1v) is 3.89. The lowest BCUT2D eigenvalue weighted by atomic mass is 9.68. The van der Waals surface area contributed by atoms with Crippen LogP contribution in [0, 0.1) is 0 Å². The van der Waals surface area contributed by atoms with E-state index in [0.717, 1.165) is 6.71 Å². The van der Waals surface area contributed by atoms with Crippen molar-refractivity contribution in [2.45, 2.75) is 44.1 Å². The van der Waals surface area contributed by atoms with Gasteiger partial charge in [-0.3, -0.25) is 0 Å². The lowest BCUT2D eigenvalue weighted by molar-refractivity contribution is 0.561. The Bertz CT molecular complexity index is 88.6. The van der Waals surface area contributed by atoms with Gasteiger partial charge in [-0.1, -0.05) is 44.1 Å². The molecule has 0 nitrogen and oxygen atoms in total. The molecule has 0 spiro atoms. The van der Waals surface area contributed by atoms with Crippen LogP contribution in [0.15, 0.2) is 0 Å². The average molecular weight is 108 g/mol. The molecule has 1 heteroatoms. The molecule has 0 aromatic heterocycles. The fourth-order valence-electron chi connectivity index (χ4n) is 2.35. The summed E-state index contributed by atoms with van der Waals surface area (Å²) in [6.07, 6.45) is 6.13. The smallest absolute Gasteiger partial charge is 0.0857 e. The largest absolute Gasteiger partial charge is 0.142 e. The molecule has 0 bridgehead atoms. The Hall–Kier alpha value is 0.0649. The van der Waals surface area contributed by atoms with E-state index in [9.17, 15) is 0 Å². The summed E-state index contributed by atoms with van der Waals surface area (Å²) in [5.41, 5.74) is 0. The third kappa shape index (κ3) is 0.534. The molecule has 8 heavy (non-hydrogen) atoms. The van der Waals surface area contributed by atoms with Crippen LogP contribution in [0.5, 0.6) is 0 Å². The molecular weight excluding hydrogens is 94.9 g/mol. The molecule has 0 N–H and O–H groups in total. The molecule has 1 saturated heterocycles. The molecular formula is C7H13B. The predicted molar refractivity (Wildman–Crippen MR) is 37.6 cm³/mol. The Labute approximate surface area is 51.7 Å². The minimum Gasteiger partial charge on any atom is -0.0857 e. The summed E-state index contributed by atoms with van der Waals surface area (Å²) < 4.78 is 0. The van der Waals surface area contributed by atoms with Crippen LogP contribution in [0.2, 0.25) is 18.5 Å². The topological polar surface area (TPSA) is 0 Å². The zero-order valence-corrected chi connectivity index (χ0v) is 5.56. The second-order valence-corrected chi connectivity index (χ2v) is 3.47. The highest BCUT2D eigenvalue weighted by Crippen LogP contribution is 2.58. The zero-order valence-electron chi connectivity index (χ0n) is 5.56. The highest BCUT2D eigenvalue weighted by molar-refractivity contribution is 6.72. The van der Waals surface area contributed by atoms with E-state index in [1.165, 1.54) is 24.5 Å². The van der Waals surface area contributed by atoms with Gasteiger partial charge in [-0.05, 0) is 0 Å². The first-order valence-electron chi connectivity index (χ1n) is 3.89. The van der Waals surface area contributed by atoms with Gasteiger partial charge in [-0.2, -0.15) is 0 Å². The van der Waals surface area contributed by atoms with Crippen molar-refractivity contribution in [3.8, 4) is 0 Å². The quantitative estimate of drug-likeness (QED) is 0.418. The summed E-state index contributed by atoms with van der Waals surface area (Å²) in [5, 5.41) is 0. The molecule has 1 saturated carbocycles. The molecule has 1 aliphatic carbocycles. The van der Waals surface area contributed by atoms with Crippen LogP contribution in [-0.4, -0.2) is 6.71 Å². The van der Waals surface area contributed by atoms with Crippen molar-refractivity contribution < 1.29 is 0 Å². The minimum atomic E-state index is 1.11.